The Hall–Kier alpha value is -1.75. The molecule has 1 aliphatic carbocycles. The molecule has 1 fully saturated rings. The van der Waals surface area contributed by atoms with Crippen LogP contribution in [0.1, 0.15) is 43.2 Å². The van der Waals surface area contributed by atoms with Crippen molar-refractivity contribution in [2.45, 2.75) is 38.5 Å². The van der Waals surface area contributed by atoms with Crippen LogP contribution in [0.5, 0.6) is 0 Å². The summed E-state index contributed by atoms with van der Waals surface area (Å²) < 4.78 is 5.47. The standard InChI is InChI=1S/C15H20N4O/c1-10-5-4-8-13(17-10)14-18-15(20-19-14)12-7-3-2-6-11(12)9-16/h4-5,8,11-12H,2-3,6-7,9,16H2,1H3. The number of hydrogen-bond donors (Lipinski definition) is 1. The van der Waals surface area contributed by atoms with Crippen molar-refractivity contribution < 1.29 is 4.52 Å². The Labute approximate surface area is 118 Å². The molecule has 0 radical (unpaired) electrons. The smallest absolute Gasteiger partial charge is 0.230 e. The molecule has 106 valence electrons. The van der Waals surface area contributed by atoms with E-state index in [0.717, 1.165) is 30.1 Å². The van der Waals surface area contributed by atoms with Crippen LogP contribution < -0.4 is 5.73 Å². The molecule has 2 N–H and O–H groups in total. The maximum atomic E-state index is 5.87. The van der Waals surface area contributed by atoms with Gasteiger partial charge in [0.05, 0.1) is 0 Å². The van der Waals surface area contributed by atoms with E-state index >= 15 is 0 Å². The molecule has 0 saturated heterocycles. The van der Waals surface area contributed by atoms with Gasteiger partial charge in [0.2, 0.25) is 11.7 Å². The Balaban J connectivity index is 1.86. The van der Waals surface area contributed by atoms with Crippen LogP contribution in [0.4, 0.5) is 0 Å². The average molecular weight is 272 g/mol. The van der Waals surface area contributed by atoms with Crippen molar-refractivity contribution in [2.75, 3.05) is 6.54 Å². The summed E-state index contributed by atoms with van der Waals surface area (Å²) in [7, 11) is 0. The van der Waals surface area contributed by atoms with Crippen molar-refractivity contribution in [3.63, 3.8) is 0 Å². The first-order valence-electron chi connectivity index (χ1n) is 7.25. The van der Waals surface area contributed by atoms with Gasteiger partial charge in [-0.15, -0.1) is 0 Å². The Morgan fingerprint density at radius 3 is 2.90 bits per heavy atom. The highest BCUT2D eigenvalue weighted by molar-refractivity contribution is 5.48. The Morgan fingerprint density at radius 2 is 2.10 bits per heavy atom. The van der Waals surface area contributed by atoms with Crippen molar-refractivity contribution in [2.24, 2.45) is 11.7 Å². The van der Waals surface area contributed by atoms with Crippen LogP contribution in [0.2, 0.25) is 0 Å². The molecule has 3 rings (SSSR count). The molecule has 5 nitrogen and oxygen atoms in total. The Kier molecular flexibility index (Phi) is 3.78. The van der Waals surface area contributed by atoms with Crippen LogP contribution in [-0.2, 0) is 0 Å². The third kappa shape index (κ3) is 2.58. The largest absolute Gasteiger partial charge is 0.339 e. The van der Waals surface area contributed by atoms with Gasteiger partial charge in [0.15, 0.2) is 0 Å². The van der Waals surface area contributed by atoms with Gasteiger partial charge in [-0.3, -0.25) is 0 Å². The van der Waals surface area contributed by atoms with Gasteiger partial charge >= 0.3 is 0 Å². The highest BCUT2D eigenvalue weighted by atomic mass is 16.5. The van der Waals surface area contributed by atoms with Gasteiger partial charge in [-0.25, -0.2) is 4.98 Å². The van der Waals surface area contributed by atoms with Crippen LogP contribution in [0, 0.1) is 12.8 Å². The minimum absolute atomic E-state index is 0.305. The number of nitrogens with zero attached hydrogens (tertiary/aromatic N) is 3. The average Bonchev–Trinajstić information content (AvgIpc) is 2.97. The first-order valence-corrected chi connectivity index (χ1v) is 7.25. The molecule has 0 aliphatic heterocycles. The fraction of sp³-hybridized carbons (Fsp3) is 0.533. The molecule has 5 heteroatoms. The molecule has 2 aromatic heterocycles. The van der Waals surface area contributed by atoms with E-state index in [1.54, 1.807) is 0 Å². The predicted molar refractivity (Wildman–Crippen MR) is 76.0 cm³/mol. The lowest BCUT2D eigenvalue weighted by atomic mass is 9.79. The van der Waals surface area contributed by atoms with E-state index in [-0.39, 0.29) is 0 Å². The minimum atomic E-state index is 0.305. The topological polar surface area (TPSA) is 77.8 Å². The van der Waals surface area contributed by atoms with Gasteiger partial charge in [-0.1, -0.05) is 24.1 Å². The Morgan fingerprint density at radius 1 is 1.25 bits per heavy atom. The van der Waals surface area contributed by atoms with E-state index < -0.39 is 0 Å². The lowest BCUT2D eigenvalue weighted by molar-refractivity contribution is 0.249. The zero-order valence-electron chi connectivity index (χ0n) is 11.7. The van der Waals surface area contributed by atoms with E-state index in [1.807, 2.05) is 25.1 Å². The van der Waals surface area contributed by atoms with Gasteiger partial charge in [0, 0.05) is 11.6 Å². The zero-order valence-corrected chi connectivity index (χ0v) is 11.7. The van der Waals surface area contributed by atoms with Crippen LogP contribution in [0.3, 0.4) is 0 Å². The molecule has 2 aromatic rings. The van der Waals surface area contributed by atoms with Gasteiger partial charge in [0.1, 0.15) is 5.69 Å². The second-order valence-electron chi connectivity index (χ2n) is 5.51. The molecule has 20 heavy (non-hydrogen) atoms. The summed E-state index contributed by atoms with van der Waals surface area (Å²) in [5.41, 5.74) is 7.58. The van der Waals surface area contributed by atoms with Gasteiger partial charge < -0.3 is 10.3 Å². The SMILES string of the molecule is Cc1cccc(-c2noc(C3CCCCC3CN)n2)n1. The maximum absolute atomic E-state index is 5.87. The van der Waals surface area contributed by atoms with Crippen LogP contribution in [-0.4, -0.2) is 21.7 Å². The van der Waals surface area contributed by atoms with E-state index in [1.165, 1.54) is 12.8 Å². The summed E-state index contributed by atoms with van der Waals surface area (Å²) >= 11 is 0. The zero-order chi connectivity index (χ0) is 13.9. The van der Waals surface area contributed by atoms with Crippen LogP contribution >= 0.6 is 0 Å². The van der Waals surface area contributed by atoms with Crippen molar-refractivity contribution in [3.8, 4) is 11.5 Å². The maximum Gasteiger partial charge on any atom is 0.230 e. The molecule has 1 saturated carbocycles. The van der Waals surface area contributed by atoms with Crippen molar-refractivity contribution >= 4 is 0 Å². The van der Waals surface area contributed by atoms with Gasteiger partial charge in [-0.05, 0) is 44.4 Å². The van der Waals surface area contributed by atoms with E-state index in [0.29, 0.717) is 24.2 Å². The van der Waals surface area contributed by atoms with E-state index in [2.05, 4.69) is 15.1 Å². The second-order valence-corrected chi connectivity index (χ2v) is 5.51. The van der Waals surface area contributed by atoms with Crippen molar-refractivity contribution in [3.05, 3.63) is 29.8 Å². The lowest BCUT2D eigenvalue weighted by Gasteiger charge is -2.27. The molecule has 0 aromatic carbocycles. The highest BCUT2D eigenvalue weighted by Gasteiger charge is 2.30. The van der Waals surface area contributed by atoms with Crippen LogP contribution in [0.25, 0.3) is 11.5 Å². The van der Waals surface area contributed by atoms with E-state index in [9.17, 15) is 0 Å². The number of hydrogen-bond acceptors (Lipinski definition) is 5. The summed E-state index contributed by atoms with van der Waals surface area (Å²) in [6.45, 7) is 2.64. The van der Waals surface area contributed by atoms with Crippen molar-refractivity contribution in [1.82, 2.24) is 15.1 Å². The molecule has 1 aliphatic rings. The third-order valence-corrected chi connectivity index (χ3v) is 4.09. The number of aromatic nitrogens is 3. The monoisotopic (exact) mass is 272 g/mol. The number of pyridine rings is 1. The molecular formula is C15H20N4O. The van der Waals surface area contributed by atoms with E-state index in [4.69, 9.17) is 10.3 Å². The normalized spacial score (nSPS) is 22.9. The number of aryl methyl sites for hydroxylation is 1. The molecule has 0 amide bonds. The van der Waals surface area contributed by atoms with Crippen LogP contribution in [0.15, 0.2) is 22.7 Å². The first kappa shape index (κ1) is 13.2. The summed E-state index contributed by atoms with van der Waals surface area (Å²) in [6, 6.07) is 5.82. The molecule has 0 bridgehead atoms. The summed E-state index contributed by atoms with van der Waals surface area (Å²) in [5.74, 6) is 2.06. The molecule has 2 heterocycles. The Bertz CT molecular complexity index is 581. The summed E-state index contributed by atoms with van der Waals surface area (Å²) in [4.78, 5) is 8.98. The lowest BCUT2D eigenvalue weighted by Crippen LogP contribution is -2.25. The number of nitrogens with two attached hydrogens (primary N) is 1. The fourth-order valence-corrected chi connectivity index (χ4v) is 2.97. The third-order valence-electron chi connectivity index (χ3n) is 4.09. The predicted octanol–water partition coefficient (Wildman–Crippen LogP) is 2.67. The molecular weight excluding hydrogens is 252 g/mol. The molecule has 0 spiro atoms. The summed E-state index contributed by atoms with van der Waals surface area (Å²) in [5, 5.41) is 4.08. The minimum Gasteiger partial charge on any atom is -0.339 e. The fourth-order valence-electron chi connectivity index (χ4n) is 2.97. The molecule has 2 unspecified atom stereocenters. The van der Waals surface area contributed by atoms with Gasteiger partial charge in [-0.2, -0.15) is 4.98 Å². The number of rotatable bonds is 3. The first-order chi connectivity index (χ1) is 9.78. The van der Waals surface area contributed by atoms with Crippen molar-refractivity contribution in [1.29, 1.82) is 0 Å². The quantitative estimate of drug-likeness (QED) is 0.929. The molecule has 2 atom stereocenters. The summed E-state index contributed by atoms with van der Waals surface area (Å²) in [6.07, 6.45) is 4.70. The highest BCUT2D eigenvalue weighted by Crippen LogP contribution is 2.36. The second kappa shape index (κ2) is 5.71. The van der Waals surface area contributed by atoms with Gasteiger partial charge in [0.25, 0.3) is 0 Å².